The number of carbonyl (C=O) groups excluding carboxylic acids is 1. The molecule has 0 spiro atoms. The summed E-state index contributed by atoms with van der Waals surface area (Å²) in [5.74, 6) is -0.123. The summed E-state index contributed by atoms with van der Waals surface area (Å²) < 4.78 is 8.17. The standard InChI is InChI=1S/C14H19BrN2O3/c15-10-7-12(17(8-10)11-1-2-11)13(18)16-9-14(19)3-5-20-6-4-14/h7-8,11,19H,1-6,9H2,(H,16,18). The Morgan fingerprint density at radius 1 is 1.50 bits per heavy atom. The first kappa shape index (κ1) is 14.1. The maximum absolute atomic E-state index is 12.3. The molecule has 1 aliphatic carbocycles. The van der Waals surface area contributed by atoms with Crippen molar-refractivity contribution < 1.29 is 14.6 Å². The molecule has 0 aromatic carbocycles. The van der Waals surface area contributed by atoms with E-state index in [2.05, 4.69) is 21.2 Å². The summed E-state index contributed by atoms with van der Waals surface area (Å²) in [5.41, 5.74) is -0.169. The van der Waals surface area contributed by atoms with Crippen molar-refractivity contribution in [3.05, 3.63) is 22.4 Å². The average Bonchev–Trinajstić information content (AvgIpc) is 3.20. The summed E-state index contributed by atoms with van der Waals surface area (Å²) in [4.78, 5) is 12.3. The lowest BCUT2D eigenvalue weighted by atomic mass is 9.94. The minimum Gasteiger partial charge on any atom is -0.388 e. The minimum atomic E-state index is -0.831. The van der Waals surface area contributed by atoms with Crippen LogP contribution in [0.15, 0.2) is 16.7 Å². The van der Waals surface area contributed by atoms with E-state index in [0.29, 0.717) is 37.8 Å². The highest BCUT2D eigenvalue weighted by Gasteiger charge is 2.32. The van der Waals surface area contributed by atoms with E-state index >= 15 is 0 Å². The molecule has 1 saturated carbocycles. The fourth-order valence-corrected chi connectivity index (χ4v) is 2.98. The third-order valence-corrected chi connectivity index (χ3v) is 4.42. The number of aromatic nitrogens is 1. The summed E-state index contributed by atoms with van der Waals surface area (Å²) >= 11 is 3.42. The van der Waals surface area contributed by atoms with Crippen LogP contribution < -0.4 is 5.32 Å². The van der Waals surface area contributed by atoms with Gasteiger partial charge in [0, 0.05) is 49.3 Å². The average molecular weight is 343 g/mol. The molecule has 6 heteroatoms. The van der Waals surface area contributed by atoms with Crippen LogP contribution in [0.4, 0.5) is 0 Å². The summed E-state index contributed by atoms with van der Waals surface area (Å²) in [6.07, 6.45) is 5.35. The van der Waals surface area contributed by atoms with Gasteiger partial charge in [0.2, 0.25) is 0 Å². The second-order valence-corrected chi connectivity index (χ2v) is 6.62. The molecule has 1 aliphatic heterocycles. The third kappa shape index (κ3) is 3.07. The first-order valence-corrected chi connectivity index (χ1v) is 7.82. The highest BCUT2D eigenvalue weighted by molar-refractivity contribution is 9.10. The van der Waals surface area contributed by atoms with E-state index in [-0.39, 0.29) is 12.5 Å². The topological polar surface area (TPSA) is 63.5 Å². The summed E-state index contributed by atoms with van der Waals surface area (Å²) in [6, 6.07) is 2.29. The van der Waals surface area contributed by atoms with Crippen LogP contribution in [0.3, 0.4) is 0 Å². The molecule has 2 N–H and O–H groups in total. The highest BCUT2D eigenvalue weighted by atomic mass is 79.9. The zero-order chi connectivity index (χ0) is 14.2. The van der Waals surface area contributed by atoms with Gasteiger partial charge in [-0.2, -0.15) is 0 Å². The van der Waals surface area contributed by atoms with E-state index in [0.717, 1.165) is 17.3 Å². The number of amides is 1. The second kappa shape index (κ2) is 5.50. The van der Waals surface area contributed by atoms with Gasteiger partial charge in [0.25, 0.3) is 5.91 Å². The van der Waals surface area contributed by atoms with Crippen LogP contribution >= 0.6 is 15.9 Å². The van der Waals surface area contributed by atoms with Crippen molar-refractivity contribution in [1.82, 2.24) is 9.88 Å². The maximum Gasteiger partial charge on any atom is 0.268 e. The van der Waals surface area contributed by atoms with Gasteiger partial charge in [-0.1, -0.05) is 0 Å². The van der Waals surface area contributed by atoms with Crippen LogP contribution in [-0.2, 0) is 4.74 Å². The number of aliphatic hydroxyl groups is 1. The van der Waals surface area contributed by atoms with Crippen LogP contribution in [0.1, 0.15) is 42.2 Å². The maximum atomic E-state index is 12.3. The Morgan fingerprint density at radius 3 is 2.85 bits per heavy atom. The van der Waals surface area contributed by atoms with Crippen LogP contribution in [-0.4, -0.2) is 40.9 Å². The Labute approximate surface area is 126 Å². The zero-order valence-electron chi connectivity index (χ0n) is 11.3. The number of hydrogen-bond donors (Lipinski definition) is 2. The SMILES string of the molecule is O=C(NCC1(O)CCOCC1)c1cc(Br)cn1C1CC1. The Kier molecular flexibility index (Phi) is 3.88. The van der Waals surface area contributed by atoms with Gasteiger partial charge in [-0.3, -0.25) is 4.79 Å². The molecule has 0 atom stereocenters. The fraction of sp³-hybridized carbons (Fsp3) is 0.643. The van der Waals surface area contributed by atoms with Crippen molar-refractivity contribution in [2.45, 2.75) is 37.3 Å². The highest BCUT2D eigenvalue weighted by Crippen LogP contribution is 2.37. The Bertz CT molecular complexity index is 505. The van der Waals surface area contributed by atoms with Gasteiger partial charge >= 0.3 is 0 Å². The lowest BCUT2D eigenvalue weighted by molar-refractivity contribution is -0.0605. The normalized spacial score (nSPS) is 21.7. The van der Waals surface area contributed by atoms with Gasteiger partial charge in [-0.25, -0.2) is 0 Å². The molecule has 1 amide bonds. The van der Waals surface area contributed by atoms with Gasteiger partial charge in [0.15, 0.2) is 0 Å². The summed E-state index contributed by atoms with van der Waals surface area (Å²) in [7, 11) is 0. The fourth-order valence-electron chi connectivity index (χ4n) is 2.55. The number of rotatable bonds is 4. The van der Waals surface area contributed by atoms with Crippen LogP contribution in [0.25, 0.3) is 0 Å². The molecule has 0 bridgehead atoms. The van der Waals surface area contributed by atoms with Crippen molar-refractivity contribution in [3.8, 4) is 0 Å². The lowest BCUT2D eigenvalue weighted by Crippen LogP contribution is -2.46. The van der Waals surface area contributed by atoms with E-state index < -0.39 is 5.60 Å². The minimum absolute atomic E-state index is 0.123. The molecule has 1 aromatic rings. The van der Waals surface area contributed by atoms with Crippen molar-refractivity contribution >= 4 is 21.8 Å². The van der Waals surface area contributed by atoms with E-state index in [4.69, 9.17) is 4.74 Å². The summed E-state index contributed by atoms with van der Waals surface area (Å²) in [6.45, 7) is 1.38. The first-order chi connectivity index (χ1) is 9.57. The Balaban J connectivity index is 1.64. The van der Waals surface area contributed by atoms with Crippen molar-refractivity contribution in [2.24, 2.45) is 0 Å². The van der Waals surface area contributed by atoms with Gasteiger partial charge in [-0.05, 0) is 34.8 Å². The molecule has 0 unspecified atom stereocenters. The van der Waals surface area contributed by atoms with E-state index in [9.17, 15) is 9.90 Å². The predicted molar refractivity (Wildman–Crippen MR) is 77.7 cm³/mol. The first-order valence-electron chi connectivity index (χ1n) is 7.03. The van der Waals surface area contributed by atoms with Crippen molar-refractivity contribution in [1.29, 1.82) is 0 Å². The number of nitrogens with one attached hydrogen (secondary N) is 1. The van der Waals surface area contributed by atoms with Crippen LogP contribution in [0, 0.1) is 0 Å². The Hall–Kier alpha value is -0.850. The van der Waals surface area contributed by atoms with E-state index in [1.807, 2.05) is 16.8 Å². The molecule has 110 valence electrons. The molecule has 2 fully saturated rings. The van der Waals surface area contributed by atoms with E-state index in [1.54, 1.807) is 0 Å². The summed E-state index contributed by atoms with van der Waals surface area (Å²) in [5, 5.41) is 13.2. The Morgan fingerprint density at radius 2 is 2.20 bits per heavy atom. The quantitative estimate of drug-likeness (QED) is 0.877. The lowest BCUT2D eigenvalue weighted by Gasteiger charge is -2.32. The predicted octanol–water partition coefficient (Wildman–Crippen LogP) is 1.86. The molecular formula is C14H19BrN2O3. The third-order valence-electron chi connectivity index (χ3n) is 3.99. The van der Waals surface area contributed by atoms with Gasteiger partial charge in [-0.15, -0.1) is 0 Å². The molecule has 2 heterocycles. The van der Waals surface area contributed by atoms with Gasteiger partial charge < -0.3 is 19.7 Å². The van der Waals surface area contributed by atoms with Crippen LogP contribution in [0.2, 0.25) is 0 Å². The second-order valence-electron chi connectivity index (χ2n) is 5.70. The number of ether oxygens (including phenoxy) is 1. The molecule has 2 aliphatic rings. The molecule has 3 rings (SSSR count). The number of hydrogen-bond acceptors (Lipinski definition) is 3. The van der Waals surface area contributed by atoms with Gasteiger partial charge in [0.05, 0.1) is 5.60 Å². The molecule has 5 nitrogen and oxygen atoms in total. The molecule has 20 heavy (non-hydrogen) atoms. The zero-order valence-corrected chi connectivity index (χ0v) is 12.9. The largest absolute Gasteiger partial charge is 0.388 e. The number of carbonyl (C=O) groups is 1. The van der Waals surface area contributed by atoms with Crippen LogP contribution in [0.5, 0.6) is 0 Å². The van der Waals surface area contributed by atoms with Crippen molar-refractivity contribution in [3.63, 3.8) is 0 Å². The monoisotopic (exact) mass is 342 g/mol. The molecule has 0 radical (unpaired) electrons. The molecular weight excluding hydrogens is 324 g/mol. The number of halogens is 1. The molecule has 1 saturated heterocycles. The van der Waals surface area contributed by atoms with Gasteiger partial charge in [0.1, 0.15) is 5.69 Å². The van der Waals surface area contributed by atoms with E-state index in [1.165, 1.54) is 0 Å². The molecule has 1 aromatic heterocycles. The smallest absolute Gasteiger partial charge is 0.268 e. The number of nitrogens with zero attached hydrogens (tertiary/aromatic N) is 1. The van der Waals surface area contributed by atoms with Crippen molar-refractivity contribution in [2.75, 3.05) is 19.8 Å².